The monoisotopic (exact) mass is 241 g/mol. The lowest BCUT2D eigenvalue weighted by Crippen LogP contribution is -2.65. The molecule has 1 N–H and O–H groups in total. The van der Waals surface area contributed by atoms with Gasteiger partial charge in [0.05, 0.1) is 12.1 Å². The Kier molecular flexibility index (Phi) is 3.10. The van der Waals surface area contributed by atoms with Crippen molar-refractivity contribution in [2.45, 2.75) is 57.6 Å². The minimum Gasteiger partial charge on any atom is -0.444 e. The molecule has 1 aliphatic carbocycles. The van der Waals surface area contributed by atoms with Crippen LogP contribution in [0.4, 0.5) is 4.79 Å². The van der Waals surface area contributed by atoms with Crippen LogP contribution in [0.15, 0.2) is 0 Å². The van der Waals surface area contributed by atoms with E-state index in [2.05, 4.69) is 0 Å². The van der Waals surface area contributed by atoms with Gasteiger partial charge in [0.1, 0.15) is 5.60 Å². The third kappa shape index (κ3) is 2.73. The first-order valence-electron chi connectivity index (χ1n) is 6.48. The predicted molar refractivity (Wildman–Crippen MR) is 64.7 cm³/mol. The van der Waals surface area contributed by atoms with Gasteiger partial charge in [-0.25, -0.2) is 4.79 Å². The second-order valence-electron chi connectivity index (χ2n) is 6.41. The lowest BCUT2D eigenvalue weighted by atomic mass is 9.81. The molecule has 1 heterocycles. The van der Waals surface area contributed by atoms with Gasteiger partial charge >= 0.3 is 6.09 Å². The summed E-state index contributed by atoms with van der Waals surface area (Å²) in [6.07, 6.45) is 4.04. The van der Waals surface area contributed by atoms with Crippen molar-refractivity contribution in [3.8, 4) is 0 Å². The molecular formula is C13H23NO3. The summed E-state index contributed by atoms with van der Waals surface area (Å²) in [5.41, 5.74) is -0.795. The van der Waals surface area contributed by atoms with E-state index in [9.17, 15) is 9.90 Å². The summed E-state index contributed by atoms with van der Waals surface area (Å²) >= 11 is 0. The summed E-state index contributed by atoms with van der Waals surface area (Å²) in [4.78, 5) is 13.7. The van der Waals surface area contributed by atoms with Gasteiger partial charge in [0, 0.05) is 6.54 Å². The molecule has 1 saturated carbocycles. The van der Waals surface area contributed by atoms with Crippen LogP contribution in [0.3, 0.4) is 0 Å². The number of ether oxygens (including phenoxy) is 1. The number of aliphatic hydroxyl groups is 1. The quantitative estimate of drug-likeness (QED) is 0.823. The number of amides is 1. The number of nitrogens with zero attached hydrogens (tertiary/aromatic N) is 1. The highest BCUT2D eigenvalue weighted by Crippen LogP contribution is 2.44. The Balaban J connectivity index is 1.97. The Morgan fingerprint density at radius 3 is 2.47 bits per heavy atom. The van der Waals surface area contributed by atoms with E-state index < -0.39 is 5.60 Å². The normalized spacial score (nSPS) is 28.8. The Morgan fingerprint density at radius 2 is 2.12 bits per heavy atom. The molecule has 17 heavy (non-hydrogen) atoms. The molecule has 0 aromatic carbocycles. The SMILES string of the molecule is CC(C)(C)OC(=O)N1CCC1(CO)CC1CC1. The summed E-state index contributed by atoms with van der Waals surface area (Å²) in [5.74, 6) is 0.701. The van der Waals surface area contributed by atoms with Crippen molar-refractivity contribution >= 4 is 6.09 Å². The van der Waals surface area contributed by atoms with Crippen LogP contribution in [0.5, 0.6) is 0 Å². The summed E-state index contributed by atoms with van der Waals surface area (Å²) in [6, 6.07) is 0. The highest BCUT2D eigenvalue weighted by molar-refractivity contribution is 5.70. The zero-order valence-corrected chi connectivity index (χ0v) is 11.0. The van der Waals surface area contributed by atoms with Crippen molar-refractivity contribution in [1.29, 1.82) is 0 Å². The highest BCUT2D eigenvalue weighted by atomic mass is 16.6. The number of rotatable bonds is 3. The fourth-order valence-electron chi connectivity index (χ4n) is 2.44. The van der Waals surface area contributed by atoms with Gasteiger partial charge in [-0.05, 0) is 39.5 Å². The Morgan fingerprint density at radius 1 is 1.47 bits per heavy atom. The molecule has 1 amide bonds. The second-order valence-corrected chi connectivity index (χ2v) is 6.41. The molecule has 0 aromatic heterocycles. The summed E-state index contributed by atoms with van der Waals surface area (Å²) in [7, 11) is 0. The number of likely N-dealkylation sites (tertiary alicyclic amines) is 1. The molecule has 1 saturated heterocycles. The van der Waals surface area contributed by atoms with Crippen LogP contribution in [0.2, 0.25) is 0 Å². The average molecular weight is 241 g/mol. The first kappa shape index (κ1) is 12.7. The van der Waals surface area contributed by atoms with Crippen molar-refractivity contribution in [3.63, 3.8) is 0 Å². The van der Waals surface area contributed by atoms with Crippen molar-refractivity contribution in [2.24, 2.45) is 5.92 Å². The minimum absolute atomic E-state index is 0.0583. The maximum absolute atomic E-state index is 12.0. The van der Waals surface area contributed by atoms with Crippen LogP contribution >= 0.6 is 0 Å². The van der Waals surface area contributed by atoms with Crippen molar-refractivity contribution in [3.05, 3.63) is 0 Å². The number of hydrogen-bond acceptors (Lipinski definition) is 3. The summed E-state index contributed by atoms with van der Waals surface area (Å²) in [5, 5.41) is 9.58. The van der Waals surface area contributed by atoms with Gasteiger partial charge in [0.15, 0.2) is 0 Å². The maximum Gasteiger partial charge on any atom is 0.410 e. The lowest BCUT2D eigenvalue weighted by molar-refractivity contribution is -0.0723. The number of aliphatic hydroxyl groups excluding tert-OH is 1. The van der Waals surface area contributed by atoms with E-state index in [0.717, 1.165) is 12.8 Å². The predicted octanol–water partition coefficient (Wildman–Crippen LogP) is 2.16. The van der Waals surface area contributed by atoms with Gasteiger partial charge in [0.2, 0.25) is 0 Å². The number of carbonyl (C=O) groups is 1. The standard InChI is InChI=1S/C13H23NO3/c1-12(2,3)17-11(16)14-7-6-13(14,9-15)8-10-4-5-10/h10,15H,4-9H2,1-3H3. The molecule has 4 nitrogen and oxygen atoms in total. The maximum atomic E-state index is 12.0. The highest BCUT2D eigenvalue weighted by Gasteiger charge is 2.50. The van der Waals surface area contributed by atoms with Crippen molar-refractivity contribution in [1.82, 2.24) is 4.90 Å². The lowest BCUT2D eigenvalue weighted by Gasteiger charge is -2.51. The van der Waals surface area contributed by atoms with Crippen LogP contribution in [-0.4, -0.2) is 40.4 Å². The molecule has 0 bridgehead atoms. The van der Waals surface area contributed by atoms with Gasteiger partial charge in [-0.1, -0.05) is 12.8 Å². The molecule has 1 aliphatic heterocycles. The molecule has 4 heteroatoms. The third-order valence-electron chi connectivity index (χ3n) is 3.65. The van der Waals surface area contributed by atoms with Crippen molar-refractivity contribution in [2.75, 3.05) is 13.2 Å². The number of carbonyl (C=O) groups excluding carboxylic acids is 1. The molecular weight excluding hydrogens is 218 g/mol. The van der Waals surface area contributed by atoms with Crippen LogP contribution in [0, 0.1) is 5.92 Å². The number of hydrogen-bond donors (Lipinski definition) is 1. The van der Waals surface area contributed by atoms with E-state index in [1.807, 2.05) is 20.8 Å². The average Bonchev–Trinajstić information content (AvgIpc) is 2.92. The van der Waals surface area contributed by atoms with Gasteiger partial charge < -0.3 is 14.7 Å². The van der Waals surface area contributed by atoms with E-state index in [-0.39, 0.29) is 18.2 Å². The largest absolute Gasteiger partial charge is 0.444 e. The van der Waals surface area contributed by atoms with Gasteiger partial charge in [0.25, 0.3) is 0 Å². The molecule has 98 valence electrons. The van der Waals surface area contributed by atoms with Gasteiger partial charge in [-0.3, -0.25) is 0 Å². The Labute approximate surface area is 103 Å². The zero-order chi connectivity index (χ0) is 12.7. The van der Waals surface area contributed by atoms with Gasteiger partial charge in [-0.15, -0.1) is 0 Å². The molecule has 2 aliphatic rings. The molecule has 1 atom stereocenters. The topological polar surface area (TPSA) is 49.8 Å². The molecule has 0 aromatic rings. The first-order chi connectivity index (χ1) is 7.86. The van der Waals surface area contributed by atoms with E-state index in [4.69, 9.17) is 4.74 Å². The van der Waals surface area contributed by atoms with Gasteiger partial charge in [-0.2, -0.15) is 0 Å². The molecule has 2 rings (SSSR count). The smallest absolute Gasteiger partial charge is 0.410 e. The second kappa shape index (κ2) is 4.16. The molecule has 2 fully saturated rings. The first-order valence-corrected chi connectivity index (χ1v) is 6.48. The summed E-state index contributed by atoms with van der Waals surface area (Å²) < 4.78 is 5.38. The minimum atomic E-state index is -0.465. The fourth-order valence-corrected chi connectivity index (χ4v) is 2.44. The Bertz CT molecular complexity index is 302. The van der Waals surface area contributed by atoms with Crippen LogP contribution in [0.25, 0.3) is 0 Å². The molecule has 0 radical (unpaired) electrons. The fraction of sp³-hybridized carbons (Fsp3) is 0.923. The van der Waals surface area contributed by atoms with E-state index in [1.165, 1.54) is 12.8 Å². The van der Waals surface area contributed by atoms with Crippen molar-refractivity contribution < 1.29 is 14.6 Å². The summed E-state index contributed by atoms with van der Waals surface area (Å²) in [6.45, 7) is 6.37. The van der Waals surface area contributed by atoms with E-state index >= 15 is 0 Å². The third-order valence-corrected chi connectivity index (χ3v) is 3.65. The van der Waals surface area contributed by atoms with E-state index in [0.29, 0.717) is 12.5 Å². The Hall–Kier alpha value is -0.770. The van der Waals surface area contributed by atoms with Crippen LogP contribution < -0.4 is 0 Å². The molecule has 1 unspecified atom stereocenters. The van der Waals surface area contributed by atoms with Crippen LogP contribution in [0.1, 0.15) is 46.5 Å². The molecule has 0 spiro atoms. The zero-order valence-electron chi connectivity index (χ0n) is 11.0. The van der Waals surface area contributed by atoms with E-state index in [1.54, 1.807) is 4.90 Å². The van der Waals surface area contributed by atoms with Crippen LogP contribution in [-0.2, 0) is 4.74 Å².